The quantitative estimate of drug-likeness (QED) is 0.900. The van der Waals surface area contributed by atoms with Crippen LogP contribution in [0.5, 0.6) is 0 Å². The third-order valence-corrected chi connectivity index (χ3v) is 3.14. The highest BCUT2D eigenvalue weighted by Crippen LogP contribution is 2.23. The minimum atomic E-state index is -0.0555. The summed E-state index contributed by atoms with van der Waals surface area (Å²) in [5.41, 5.74) is 3.90. The average molecular weight is 271 g/mol. The van der Waals surface area contributed by atoms with E-state index < -0.39 is 0 Å². The highest BCUT2D eigenvalue weighted by atomic mass is 16.1. The van der Waals surface area contributed by atoms with E-state index in [-0.39, 0.29) is 17.7 Å². The Bertz CT molecular complexity index is 591. The molecule has 106 valence electrons. The summed E-state index contributed by atoms with van der Waals surface area (Å²) in [4.78, 5) is 11.9. The largest absolute Gasteiger partial charge is 0.326 e. The summed E-state index contributed by atoms with van der Waals surface area (Å²) in [6.07, 6.45) is 0.283. The Kier molecular flexibility index (Phi) is 3.93. The van der Waals surface area contributed by atoms with Gasteiger partial charge >= 0.3 is 0 Å². The first-order valence-electron chi connectivity index (χ1n) is 6.76. The van der Waals surface area contributed by atoms with Crippen molar-refractivity contribution in [1.29, 1.82) is 0 Å². The van der Waals surface area contributed by atoms with Gasteiger partial charge in [-0.25, -0.2) is 0 Å². The van der Waals surface area contributed by atoms with Crippen molar-refractivity contribution in [3.63, 3.8) is 0 Å². The van der Waals surface area contributed by atoms with E-state index >= 15 is 0 Å². The maximum atomic E-state index is 11.9. The highest BCUT2D eigenvalue weighted by Gasteiger charge is 2.13. The number of hydrogen-bond donors (Lipinski definition) is 2. The summed E-state index contributed by atoms with van der Waals surface area (Å²) in [6.45, 7) is 8.42. The zero-order chi connectivity index (χ0) is 14.8. The third kappa shape index (κ3) is 3.70. The Labute approximate surface area is 119 Å². The third-order valence-electron chi connectivity index (χ3n) is 3.14. The number of H-pyrrole nitrogens is 1. The maximum absolute atomic E-state index is 11.9. The Morgan fingerprint density at radius 1 is 1.25 bits per heavy atom. The second-order valence-electron chi connectivity index (χ2n) is 6.09. The number of nitrogens with one attached hydrogen (secondary N) is 2. The van der Waals surface area contributed by atoms with Gasteiger partial charge in [0.25, 0.3) is 0 Å². The van der Waals surface area contributed by atoms with Crippen molar-refractivity contribution >= 4 is 11.6 Å². The molecule has 1 heterocycles. The van der Waals surface area contributed by atoms with E-state index in [1.54, 1.807) is 0 Å². The van der Waals surface area contributed by atoms with Crippen molar-refractivity contribution in [2.75, 3.05) is 5.32 Å². The van der Waals surface area contributed by atoms with Crippen LogP contribution in [0, 0.1) is 6.92 Å². The summed E-state index contributed by atoms with van der Waals surface area (Å²) in [6, 6.07) is 9.85. The van der Waals surface area contributed by atoms with Crippen LogP contribution in [-0.4, -0.2) is 16.1 Å². The zero-order valence-corrected chi connectivity index (χ0v) is 12.4. The summed E-state index contributed by atoms with van der Waals surface area (Å²) < 4.78 is 0. The van der Waals surface area contributed by atoms with Gasteiger partial charge in [-0.15, -0.1) is 0 Å². The van der Waals surface area contributed by atoms with Gasteiger partial charge in [0.1, 0.15) is 0 Å². The number of aromatic amines is 1. The van der Waals surface area contributed by atoms with Crippen LogP contribution in [0.4, 0.5) is 5.69 Å². The van der Waals surface area contributed by atoms with Gasteiger partial charge < -0.3 is 5.32 Å². The van der Waals surface area contributed by atoms with E-state index in [1.807, 2.05) is 37.3 Å². The smallest absolute Gasteiger partial charge is 0.230 e. The van der Waals surface area contributed by atoms with Crippen LogP contribution < -0.4 is 5.32 Å². The molecular formula is C16H21N3O. The number of anilines is 1. The van der Waals surface area contributed by atoms with Crippen molar-refractivity contribution in [3.8, 4) is 0 Å². The lowest BCUT2D eigenvalue weighted by atomic mass is 9.87. The van der Waals surface area contributed by atoms with Gasteiger partial charge in [0.2, 0.25) is 5.91 Å². The number of aryl methyl sites for hydroxylation is 1. The van der Waals surface area contributed by atoms with Crippen LogP contribution >= 0.6 is 0 Å². The Morgan fingerprint density at radius 2 is 1.90 bits per heavy atom. The predicted octanol–water partition coefficient (Wildman–Crippen LogP) is 3.20. The molecule has 2 aromatic rings. The molecule has 0 saturated heterocycles. The highest BCUT2D eigenvalue weighted by molar-refractivity contribution is 5.92. The molecular weight excluding hydrogens is 250 g/mol. The van der Waals surface area contributed by atoms with E-state index in [9.17, 15) is 4.79 Å². The summed E-state index contributed by atoms with van der Waals surface area (Å²) >= 11 is 0. The van der Waals surface area contributed by atoms with Crippen molar-refractivity contribution in [2.45, 2.75) is 39.5 Å². The number of nitrogens with zero attached hydrogens (tertiary/aromatic N) is 1. The molecule has 0 unspecified atom stereocenters. The first kappa shape index (κ1) is 14.3. The molecule has 0 bridgehead atoms. The molecule has 2 rings (SSSR count). The molecule has 0 radical (unpaired) electrons. The van der Waals surface area contributed by atoms with Gasteiger partial charge in [-0.1, -0.05) is 32.9 Å². The Morgan fingerprint density at radius 3 is 2.40 bits per heavy atom. The van der Waals surface area contributed by atoms with Crippen LogP contribution in [-0.2, 0) is 16.6 Å². The molecule has 0 spiro atoms. The standard InChI is InChI=1S/C16H21N3O/c1-11-9-14(19-18-11)10-15(20)17-13-7-5-12(6-8-13)16(2,3)4/h5-9H,10H2,1-4H3,(H,17,20)(H,18,19). The van der Waals surface area contributed by atoms with Crippen LogP contribution in [0.3, 0.4) is 0 Å². The molecule has 1 aromatic heterocycles. The molecule has 0 aliphatic carbocycles. The van der Waals surface area contributed by atoms with Gasteiger partial charge in [0.05, 0.1) is 12.1 Å². The van der Waals surface area contributed by atoms with Crippen LogP contribution in [0.1, 0.15) is 37.7 Å². The number of carbonyl (C=O) groups excluding carboxylic acids is 1. The lowest BCUT2D eigenvalue weighted by Crippen LogP contribution is -2.15. The average Bonchev–Trinajstić information content (AvgIpc) is 2.74. The van der Waals surface area contributed by atoms with Gasteiger partial charge in [-0.05, 0) is 36.1 Å². The van der Waals surface area contributed by atoms with Crippen molar-refractivity contribution in [2.24, 2.45) is 0 Å². The fourth-order valence-corrected chi connectivity index (χ4v) is 1.99. The van der Waals surface area contributed by atoms with Crippen LogP contribution in [0.25, 0.3) is 0 Å². The summed E-state index contributed by atoms with van der Waals surface area (Å²) in [7, 11) is 0. The monoisotopic (exact) mass is 271 g/mol. The van der Waals surface area contributed by atoms with Crippen molar-refractivity contribution < 1.29 is 4.79 Å². The number of carbonyl (C=O) groups is 1. The molecule has 0 saturated carbocycles. The van der Waals surface area contributed by atoms with Gasteiger partial charge in [0.15, 0.2) is 0 Å². The van der Waals surface area contributed by atoms with E-state index in [0.29, 0.717) is 0 Å². The van der Waals surface area contributed by atoms with Crippen molar-refractivity contribution in [3.05, 3.63) is 47.3 Å². The molecule has 4 heteroatoms. The zero-order valence-electron chi connectivity index (χ0n) is 12.4. The number of aromatic nitrogens is 2. The fourth-order valence-electron chi connectivity index (χ4n) is 1.99. The molecule has 1 aromatic carbocycles. The lowest BCUT2D eigenvalue weighted by Gasteiger charge is -2.19. The SMILES string of the molecule is Cc1cc(CC(=O)Nc2ccc(C(C)(C)C)cc2)n[nH]1. The summed E-state index contributed by atoms with van der Waals surface area (Å²) in [5.74, 6) is -0.0555. The number of benzene rings is 1. The first-order chi connectivity index (χ1) is 9.34. The Hall–Kier alpha value is -2.10. The van der Waals surface area contributed by atoms with E-state index in [1.165, 1.54) is 5.56 Å². The molecule has 4 nitrogen and oxygen atoms in total. The number of amides is 1. The minimum Gasteiger partial charge on any atom is -0.326 e. The number of rotatable bonds is 3. The van der Waals surface area contributed by atoms with Crippen LogP contribution in [0.2, 0.25) is 0 Å². The second-order valence-corrected chi connectivity index (χ2v) is 6.09. The minimum absolute atomic E-state index is 0.0555. The van der Waals surface area contributed by atoms with E-state index in [2.05, 4.69) is 36.3 Å². The second kappa shape index (κ2) is 5.49. The van der Waals surface area contributed by atoms with Gasteiger partial charge in [-0.2, -0.15) is 5.10 Å². The predicted molar refractivity (Wildman–Crippen MR) is 80.8 cm³/mol. The van der Waals surface area contributed by atoms with Crippen molar-refractivity contribution in [1.82, 2.24) is 10.2 Å². The fraction of sp³-hybridized carbons (Fsp3) is 0.375. The van der Waals surface area contributed by atoms with Crippen LogP contribution in [0.15, 0.2) is 30.3 Å². The van der Waals surface area contributed by atoms with Gasteiger partial charge in [-0.3, -0.25) is 9.89 Å². The number of hydrogen-bond acceptors (Lipinski definition) is 2. The first-order valence-corrected chi connectivity index (χ1v) is 6.76. The van der Waals surface area contributed by atoms with E-state index in [4.69, 9.17) is 0 Å². The molecule has 20 heavy (non-hydrogen) atoms. The molecule has 0 fully saturated rings. The molecule has 1 amide bonds. The van der Waals surface area contributed by atoms with Gasteiger partial charge in [0, 0.05) is 11.4 Å². The summed E-state index contributed by atoms with van der Waals surface area (Å²) in [5, 5.41) is 9.78. The normalized spacial score (nSPS) is 11.4. The van der Waals surface area contributed by atoms with E-state index in [0.717, 1.165) is 17.1 Å². The lowest BCUT2D eigenvalue weighted by molar-refractivity contribution is -0.115. The topological polar surface area (TPSA) is 57.8 Å². The maximum Gasteiger partial charge on any atom is 0.230 e. The molecule has 0 aliphatic rings. The Balaban J connectivity index is 1.98. The molecule has 2 N–H and O–H groups in total. The molecule has 0 aliphatic heterocycles. The molecule has 0 atom stereocenters.